The second-order valence-electron chi connectivity index (χ2n) is 3.89. The first-order valence-corrected chi connectivity index (χ1v) is 6.42. The summed E-state index contributed by atoms with van der Waals surface area (Å²) in [6.45, 7) is 5.29. The number of ether oxygens (including phenoxy) is 1. The Morgan fingerprint density at radius 3 is 2.86 bits per heavy atom. The van der Waals surface area contributed by atoms with Gasteiger partial charge in [0.2, 0.25) is 0 Å². The van der Waals surface area contributed by atoms with Crippen LogP contribution in [0, 0.1) is 5.92 Å². The van der Waals surface area contributed by atoms with E-state index in [2.05, 4.69) is 41.9 Å². The van der Waals surface area contributed by atoms with Gasteiger partial charge in [-0.3, -0.25) is 0 Å². The van der Waals surface area contributed by atoms with Gasteiger partial charge in [0.1, 0.15) is 0 Å². The summed E-state index contributed by atoms with van der Waals surface area (Å²) in [5.41, 5.74) is 1.46. The molecular formula is C12H19BrO. The van der Waals surface area contributed by atoms with E-state index in [9.17, 15) is 0 Å². The molecule has 0 heterocycles. The summed E-state index contributed by atoms with van der Waals surface area (Å²) in [7, 11) is 0. The van der Waals surface area contributed by atoms with Crippen LogP contribution in [0.2, 0.25) is 0 Å². The van der Waals surface area contributed by atoms with Gasteiger partial charge in [-0.1, -0.05) is 34.5 Å². The Bertz CT molecular complexity index is 230. The van der Waals surface area contributed by atoms with Crippen LogP contribution in [-0.2, 0) is 4.74 Å². The lowest BCUT2D eigenvalue weighted by Crippen LogP contribution is -2.06. The molecule has 14 heavy (non-hydrogen) atoms. The summed E-state index contributed by atoms with van der Waals surface area (Å²) in [6.07, 6.45) is 7.69. The van der Waals surface area contributed by atoms with Crippen molar-refractivity contribution >= 4 is 15.9 Å². The minimum atomic E-state index is 0.645. The molecule has 0 spiro atoms. The highest BCUT2D eigenvalue weighted by molar-refractivity contribution is 9.09. The van der Waals surface area contributed by atoms with E-state index < -0.39 is 0 Å². The van der Waals surface area contributed by atoms with Crippen molar-refractivity contribution in [3.05, 3.63) is 23.5 Å². The van der Waals surface area contributed by atoms with Crippen LogP contribution in [0.3, 0.4) is 0 Å². The Hall–Kier alpha value is -0.240. The van der Waals surface area contributed by atoms with Gasteiger partial charge in [0.25, 0.3) is 0 Å². The lowest BCUT2D eigenvalue weighted by atomic mass is 9.94. The zero-order valence-electron chi connectivity index (χ0n) is 9.05. The highest BCUT2D eigenvalue weighted by Crippen LogP contribution is 2.24. The van der Waals surface area contributed by atoms with E-state index in [0.29, 0.717) is 5.92 Å². The van der Waals surface area contributed by atoms with Crippen LogP contribution in [0.25, 0.3) is 0 Å². The molecule has 2 heteroatoms. The summed E-state index contributed by atoms with van der Waals surface area (Å²) < 4.78 is 5.70. The predicted molar refractivity (Wildman–Crippen MR) is 64.6 cm³/mol. The third kappa shape index (κ3) is 3.87. The molecule has 1 aliphatic rings. The predicted octanol–water partition coefficient (Wildman–Crippen LogP) is 4.05. The molecule has 0 aliphatic heterocycles. The maximum Gasteiger partial charge on any atom is 0.0965 e. The molecule has 0 amide bonds. The van der Waals surface area contributed by atoms with E-state index in [1.807, 2.05) is 0 Å². The van der Waals surface area contributed by atoms with Crippen molar-refractivity contribution in [2.24, 2.45) is 5.92 Å². The first-order valence-electron chi connectivity index (χ1n) is 5.30. The lowest BCUT2D eigenvalue weighted by molar-refractivity contribution is 0.191. The summed E-state index contributed by atoms with van der Waals surface area (Å²) in [5, 5.41) is 1.07. The number of rotatable bonds is 5. The molecule has 0 aromatic carbocycles. The molecule has 0 bridgehead atoms. The van der Waals surface area contributed by atoms with Gasteiger partial charge in [-0.2, -0.15) is 0 Å². The molecule has 0 saturated carbocycles. The monoisotopic (exact) mass is 258 g/mol. The second-order valence-corrected chi connectivity index (χ2v) is 4.69. The van der Waals surface area contributed by atoms with E-state index in [1.165, 1.54) is 12.0 Å². The van der Waals surface area contributed by atoms with E-state index in [4.69, 9.17) is 4.74 Å². The van der Waals surface area contributed by atoms with Gasteiger partial charge in [0, 0.05) is 11.8 Å². The Morgan fingerprint density at radius 2 is 2.21 bits per heavy atom. The number of unbranched alkanes of at least 4 members (excludes halogenated alkanes) is 1. The van der Waals surface area contributed by atoms with Crippen LogP contribution in [0.5, 0.6) is 0 Å². The van der Waals surface area contributed by atoms with E-state index >= 15 is 0 Å². The van der Waals surface area contributed by atoms with Gasteiger partial charge < -0.3 is 4.74 Å². The standard InChI is InChI=1S/C12H19BrO/c1-10-5-6-12(9-11(10)2)14-8-4-3-7-13/h5-6,11H,3-4,7-9H2,1-2H3. The average molecular weight is 259 g/mol. The molecule has 1 rings (SSSR count). The van der Waals surface area contributed by atoms with Crippen molar-refractivity contribution in [2.45, 2.75) is 33.1 Å². The van der Waals surface area contributed by atoms with Crippen LogP contribution in [0.1, 0.15) is 33.1 Å². The van der Waals surface area contributed by atoms with Crippen molar-refractivity contribution in [2.75, 3.05) is 11.9 Å². The molecule has 0 aromatic rings. The second kappa shape index (κ2) is 6.28. The van der Waals surface area contributed by atoms with Crippen LogP contribution in [0.4, 0.5) is 0 Å². The minimum absolute atomic E-state index is 0.645. The van der Waals surface area contributed by atoms with Gasteiger partial charge in [-0.15, -0.1) is 0 Å². The average Bonchev–Trinajstić information content (AvgIpc) is 2.18. The van der Waals surface area contributed by atoms with E-state index in [-0.39, 0.29) is 0 Å². The van der Waals surface area contributed by atoms with Crippen molar-refractivity contribution in [3.63, 3.8) is 0 Å². The molecule has 0 radical (unpaired) electrons. The maximum atomic E-state index is 5.70. The third-order valence-electron chi connectivity index (χ3n) is 2.63. The van der Waals surface area contributed by atoms with Gasteiger partial charge in [-0.05, 0) is 31.8 Å². The molecule has 1 aliphatic carbocycles. The van der Waals surface area contributed by atoms with Crippen molar-refractivity contribution < 1.29 is 4.74 Å². The van der Waals surface area contributed by atoms with Crippen LogP contribution in [0.15, 0.2) is 23.5 Å². The fraction of sp³-hybridized carbons (Fsp3) is 0.667. The maximum absolute atomic E-state index is 5.70. The molecule has 0 N–H and O–H groups in total. The number of hydrogen-bond donors (Lipinski definition) is 0. The third-order valence-corrected chi connectivity index (χ3v) is 3.19. The molecule has 1 nitrogen and oxygen atoms in total. The van der Waals surface area contributed by atoms with E-state index in [0.717, 1.165) is 30.5 Å². The van der Waals surface area contributed by atoms with Gasteiger partial charge in [0.15, 0.2) is 0 Å². The molecule has 0 aromatic heterocycles. The molecule has 1 atom stereocenters. The first kappa shape index (κ1) is 11.8. The molecular weight excluding hydrogens is 240 g/mol. The smallest absolute Gasteiger partial charge is 0.0965 e. The lowest BCUT2D eigenvalue weighted by Gasteiger charge is -2.19. The Labute approximate surface area is 95.3 Å². The largest absolute Gasteiger partial charge is 0.498 e. The summed E-state index contributed by atoms with van der Waals surface area (Å²) in [4.78, 5) is 0. The number of alkyl halides is 1. The highest BCUT2D eigenvalue weighted by atomic mass is 79.9. The number of allylic oxidation sites excluding steroid dienone is 4. The quantitative estimate of drug-likeness (QED) is 0.534. The number of halogens is 1. The van der Waals surface area contributed by atoms with E-state index in [1.54, 1.807) is 0 Å². The molecule has 80 valence electrons. The fourth-order valence-corrected chi connectivity index (χ4v) is 1.82. The fourth-order valence-electron chi connectivity index (χ4n) is 1.43. The van der Waals surface area contributed by atoms with Crippen LogP contribution in [-0.4, -0.2) is 11.9 Å². The molecule has 0 saturated heterocycles. The van der Waals surface area contributed by atoms with Gasteiger partial charge >= 0.3 is 0 Å². The summed E-state index contributed by atoms with van der Waals surface area (Å²) in [5.74, 6) is 1.80. The zero-order chi connectivity index (χ0) is 10.4. The molecule has 1 unspecified atom stereocenters. The van der Waals surface area contributed by atoms with Crippen molar-refractivity contribution in [1.82, 2.24) is 0 Å². The van der Waals surface area contributed by atoms with Gasteiger partial charge in [-0.25, -0.2) is 0 Å². The Balaban J connectivity index is 2.25. The topological polar surface area (TPSA) is 9.23 Å². The Kier molecular flexibility index (Phi) is 5.31. The Morgan fingerprint density at radius 1 is 1.43 bits per heavy atom. The summed E-state index contributed by atoms with van der Waals surface area (Å²) >= 11 is 3.41. The SMILES string of the molecule is CC1=CC=C(OCCCCBr)CC1C. The highest BCUT2D eigenvalue weighted by Gasteiger charge is 2.12. The van der Waals surface area contributed by atoms with Gasteiger partial charge in [0.05, 0.1) is 12.4 Å². The molecule has 0 fully saturated rings. The van der Waals surface area contributed by atoms with Crippen LogP contribution < -0.4 is 0 Å². The van der Waals surface area contributed by atoms with Crippen LogP contribution >= 0.6 is 15.9 Å². The van der Waals surface area contributed by atoms with Crippen molar-refractivity contribution in [3.8, 4) is 0 Å². The number of hydrogen-bond acceptors (Lipinski definition) is 1. The summed E-state index contributed by atoms with van der Waals surface area (Å²) in [6, 6.07) is 0. The zero-order valence-corrected chi connectivity index (χ0v) is 10.6. The normalized spacial score (nSPS) is 21.5. The minimum Gasteiger partial charge on any atom is -0.498 e. The van der Waals surface area contributed by atoms with Crippen molar-refractivity contribution in [1.29, 1.82) is 0 Å². The first-order chi connectivity index (χ1) is 6.74.